The molecule has 0 saturated heterocycles. The van der Waals surface area contributed by atoms with Crippen LogP contribution in [0.2, 0.25) is 0 Å². The van der Waals surface area contributed by atoms with Crippen molar-refractivity contribution in [1.82, 2.24) is 29.6 Å². The third-order valence-corrected chi connectivity index (χ3v) is 5.02. The molecule has 0 aliphatic heterocycles. The standard InChI is InChI=1S/C19H13N7OS/c27-18(14-2-1-3-16(10-14)26-12-20-23-24-26)21-15-6-4-13(5-7-15)17-11-25-8-9-28-19(25)22-17/h1-12H,(H,21,27). The molecule has 5 aromatic rings. The van der Waals surface area contributed by atoms with E-state index in [-0.39, 0.29) is 5.91 Å². The third kappa shape index (κ3) is 3.03. The van der Waals surface area contributed by atoms with Gasteiger partial charge in [0.2, 0.25) is 0 Å². The predicted octanol–water partition coefficient (Wildman–Crippen LogP) is 3.29. The van der Waals surface area contributed by atoms with E-state index in [0.29, 0.717) is 16.9 Å². The number of carbonyl (C=O) groups excluding carboxylic acids is 1. The first kappa shape index (κ1) is 16.3. The topological polar surface area (TPSA) is 90.0 Å². The van der Waals surface area contributed by atoms with Crippen LogP contribution in [0.25, 0.3) is 21.9 Å². The number of rotatable bonds is 4. The van der Waals surface area contributed by atoms with E-state index in [9.17, 15) is 4.79 Å². The zero-order chi connectivity index (χ0) is 18.9. The number of nitrogens with zero attached hydrogens (tertiary/aromatic N) is 6. The normalized spacial score (nSPS) is 11.0. The fourth-order valence-electron chi connectivity index (χ4n) is 2.86. The monoisotopic (exact) mass is 387 g/mol. The van der Waals surface area contributed by atoms with Gasteiger partial charge in [-0.25, -0.2) is 9.67 Å². The highest BCUT2D eigenvalue weighted by molar-refractivity contribution is 7.15. The van der Waals surface area contributed by atoms with Crippen LogP contribution in [0.1, 0.15) is 10.4 Å². The average molecular weight is 387 g/mol. The van der Waals surface area contributed by atoms with Gasteiger partial charge in [0.1, 0.15) is 6.33 Å². The lowest BCUT2D eigenvalue weighted by atomic mass is 10.1. The summed E-state index contributed by atoms with van der Waals surface area (Å²) >= 11 is 1.59. The van der Waals surface area contributed by atoms with Gasteiger partial charge in [0.25, 0.3) is 5.91 Å². The fourth-order valence-corrected chi connectivity index (χ4v) is 3.56. The van der Waals surface area contributed by atoms with E-state index in [1.54, 1.807) is 29.5 Å². The van der Waals surface area contributed by atoms with Crippen molar-refractivity contribution in [3.05, 3.63) is 78.2 Å². The smallest absolute Gasteiger partial charge is 0.255 e. The van der Waals surface area contributed by atoms with Gasteiger partial charge in [-0.3, -0.25) is 9.20 Å². The van der Waals surface area contributed by atoms with Crippen molar-refractivity contribution in [2.75, 3.05) is 5.32 Å². The Balaban J connectivity index is 1.34. The molecular weight excluding hydrogens is 374 g/mol. The lowest BCUT2D eigenvalue weighted by molar-refractivity contribution is 0.102. The molecule has 0 atom stereocenters. The molecule has 9 heteroatoms. The summed E-state index contributed by atoms with van der Waals surface area (Å²) in [6.45, 7) is 0. The Kier molecular flexibility index (Phi) is 3.91. The van der Waals surface area contributed by atoms with Gasteiger partial charge in [-0.05, 0) is 40.8 Å². The highest BCUT2D eigenvalue weighted by Gasteiger charge is 2.09. The molecule has 0 fully saturated rings. The number of nitrogens with one attached hydrogen (secondary N) is 1. The summed E-state index contributed by atoms with van der Waals surface area (Å²) in [5.74, 6) is -0.204. The highest BCUT2D eigenvalue weighted by Crippen LogP contribution is 2.23. The zero-order valence-corrected chi connectivity index (χ0v) is 15.2. The average Bonchev–Trinajstić information content (AvgIpc) is 3.46. The van der Waals surface area contributed by atoms with Crippen LogP contribution in [-0.4, -0.2) is 35.5 Å². The summed E-state index contributed by atoms with van der Waals surface area (Å²) in [6, 6.07) is 14.7. The van der Waals surface area contributed by atoms with Crippen molar-refractivity contribution in [1.29, 1.82) is 0 Å². The summed E-state index contributed by atoms with van der Waals surface area (Å²) in [5.41, 5.74) is 3.84. The van der Waals surface area contributed by atoms with Crippen molar-refractivity contribution in [3.63, 3.8) is 0 Å². The SMILES string of the molecule is O=C(Nc1ccc(-c2cn3ccsc3n2)cc1)c1cccc(-n2cnnn2)c1. The Morgan fingerprint density at radius 2 is 2.00 bits per heavy atom. The maximum absolute atomic E-state index is 12.6. The molecule has 2 aromatic carbocycles. The summed E-state index contributed by atoms with van der Waals surface area (Å²) < 4.78 is 3.49. The molecule has 3 heterocycles. The molecule has 8 nitrogen and oxygen atoms in total. The van der Waals surface area contributed by atoms with E-state index in [1.165, 1.54) is 11.0 Å². The number of carbonyl (C=O) groups is 1. The Bertz CT molecular complexity index is 1230. The number of tetrazole rings is 1. The summed E-state index contributed by atoms with van der Waals surface area (Å²) in [5, 5.41) is 16.0. The van der Waals surface area contributed by atoms with Crippen LogP contribution in [0, 0.1) is 0 Å². The molecule has 0 saturated carbocycles. The second kappa shape index (κ2) is 6.71. The van der Waals surface area contributed by atoms with Crippen LogP contribution >= 0.6 is 11.3 Å². The molecule has 136 valence electrons. The lowest BCUT2D eigenvalue weighted by Gasteiger charge is -2.07. The Morgan fingerprint density at radius 3 is 2.79 bits per heavy atom. The number of anilines is 1. The molecule has 3 aromatic heterocycles. The van der Waals surface area contributed by atoms with Crippen molar-refractivity contribution in [3.8, 4) is 16.9 Å². The van der Waals surface area contributed by atoms with Gasteiger partial charge in [0.15, 0.2) is 4.96 Å². The van der Waals surface area contributed by atoms with Crippen LogP contribution in [-0.2, 0) is 0 Å². The number of imidazole rings is 1. The van der Waals surface area contributed by atoms with Crippen molar-refractivity contribution < 1.29 is 4.79 Å². The van der Waals surface area contributed by atoms with Gasteiger partial charge in [-0.2, -0.15) is 0 Å². The minimum Gasteiger partial charge on any atom is -0.322 e. The van der Waals surface area contributed by atoms with Gasteiger partial charge in [0, 0.05) is 34.6 Å². The zero-order valence-electron chi connectivity index (χ0n) is 14.4. The molecule has 1 amide bonds. The van der Waals surface area contributed by atoms with E-state index in [4.69, 9.17) is 0 Å². The maximum atomic E-state index is 12.6. The number of hydrogen-bond acceptors (Lipinski definition) is 6. The molecule has 0 unspecified atom stereocenters. The number of fused-ring (bicyclic) bond motifs is 1. The molecule has 28 heavy (non-hydrogen) atoms. The van der Waals surface area contributed by atoms with E-state index in [1.807, 2.05) is 52.5 Å². The van der Waals surface area contributed by atoms with Crippen LogP contribution in [0.4, 0.5) is 5.69 Å². The van der Waals surface area contributed by atoms with Crippen molar-refractivity contribution in [2.45, 2.75) is 0 Å². The number of benzene rings is 2. The van der Waals surface area contributed by atoms with Crippen LogP contribution in [0.5, 0.6) is 0 Å². The van der Waals surface area contributed by atoms with Gasteiger partial charge in [-0.1, -0.05) is 18.2 Å². The van der Waals surface area contributed by atoms with Crippen molar-refractivity contribution >= 4 is 27.9 Å². The first-order valence-corrected chi connectivity index (χ1v) is 9.32. The Hall–Kier alpha value is -3.85. The van der Waals surface area contributed by atoms with Crippen LogP contribution in [0.3, 0.4) is 0 Å². The summed E-state index contributed by atoms with van der Waals surface area (Å²) in [7, 11) is 0. The fraction of sp³-hybridized carbons (Fsp3) is 0. The van der Waals surface area contributed by atoms with Gasteiger partial charge >= 0.3 is 0 Å². The van der Waals surface area contributed by atoms with Gasteiger partial charge < -0.3 is 5.32 Å². The minimum absolute atomic E-state index is 0.204. The number of amides is 1. The minimum atomic E-state index is -0.204. The first-order valence-electron chi connectivity index (χ1n) is 8.44. The second-order valence-electron chi connectivity index (χ2n) is 6.06. The number of hydrogen-bond donors (Lipinski definition) is 1. The first-order chi connectivity index (χ1) is 13.8. The molecule has 0 aliphatic carbocycles. The quantitative estimate of drug-likeness (QED) is 0.511. The van der Waals surface area contributed by atoms with E-state index in [2.05, 4.69) is 25.8 Å². The Labute approximate surface area is 163 Å². The molecule has 0 aliphatic rings. The number of thiazole rings is 1. The Morgan fingerprint density at radius 1 is 1.11 bits per heavy atom. The van der Waals surface area contributed by atoms with Crippen LogP contribution < -0.4 is 5.32 Å². The van der Waals surface area contributed by atoms with Gasteiger partial charge in [-0.15, -0.1) is 16.4 Å². The third-order valence-electron chi connectivity index (χ3n) is 4.25. The molecule has 0 bridgehead atoms. The molecule has 0 radical (unpaired) electrons. The lowest BCUT2D eigenvalue weighted by Crippen LogP contribution is -2.12. The molecule has 5 rings (SSSR count). The molecular formula is C19H13N7OS. The highest BCUT2D eigenvalue weighted by atomic mass is 32.1. The second-order valence-corrected chi connectivity index (χ2v) is 6.93. The molecule has 1 N–H and O–H groups in total. The van der Waals surface area contributed by atoms with E-state index >= 15 is 0 Å². The van der Waals surface area contributed by atoms with Crippen molar-refractivity contribution in [2.24, 2.45) is 0 Å². The maximum Gasteiger partial charge on any atom is 0.255 e. The molecule has 0 spiro atoms. The van der Waals surface area contributed by atoms with Crippen LogP contribution in [0.15, 0.2) is 72.6 Å². The number of aromatic nitrogens is 6. The summed E-state index contributed by atoms with van der Waals surface area (Å²) in [6.07, 6.45) is 5.45. The van der Waals surface area contributed by atoms with E-state index in [0.717, 1.165) is 16.2 Å². The predicted molar refractivity (Wildman–Crippen MR) is 106 cm³/mol. The summed E-state index contributed by atoms with van der Waals surface area (Å²) in [4.78, 5) is 18.1. The largest absolute Gasteiger partial charge is 0.322 e. The van der Waals surface area contributed by atoms with Gasteiger partial charge in [0.05, 0.1) is 11.4 Å². The van der Waals surface area contributed by atoms with E-state index < -0.39 is 0 Å².